The van der Waals surface area contributed by atoms with Crippen LogP contribution in [-0.2, 0) is 0 Å². The van der Waals surface area contributed by atoms with Crippen LogP contribution in [0.25, 0.3) is 0 Å². The van der Waals surface area contributed by atoms with Gasteiger partial charge in [0.25, 0.3) is 0 Å². The standard InChI is InChI=1S/C32H68Si/c1-9-17-21-29(13-5)25-33(26-30(14-6)22-18-10-2,27-31(15-7)23-19-11-3)28-32(16-8)24-20-12-4/h29-32H,9-28H2,1-8H3/t29-,30-,31-,32-/m0/s1. The molecule has 0 spiro atoms. The average Bonchev–Trinajstić information content (AvgIpc) is 2.84. The minimum atomic E-state index is -1.33. The van der Waals surface area contributed by atoms with Gasteiger partial charge in [0.1, 0.15) is 0 Å². The third-order valence-electron chi connectivity index (χ3n) is 9.06. The fraction of sp³-hybridized carbons (Fsp3) is 1.00. The van der Waals surface area contributed by atoms with E-state index in [0.717, 1.165) is 23.7 Å². The molecule has 0 rings (SSSR count). The van der Waals surface area contributed by atoms with Crippen molar-refractivity contribution < 1.29 is 0 Å². The van der Waals surface area contributed by atoms with Crippen LogP contribution in [0, 0.1) is 23.7 Å². The minimum absolute atomic E-state index is 1.01. The van der Waals surface area contributed by atoms with Gasteiger partial charge in [-0.05, 0) is 23.7 Å². The number of hydrogen-bond acceptors (Lipinski definition) is 0. The van der Waals surface area contributed by atoms with Crippen molar-refractivity contribution >= 4 is 8.07 Å². The summed E-state index contributed by atoms with van der Waals surface area (Å²) in [6.45, 7) is 19.6. The molecule has 200 valence electrons. The third kappa shape index (κ3) is 15.0. The molecule has 0 heterocycles. The lowest BCUT2D eigenvalue weighted by Gasteiger charge is -2.42. The lowest BCUT2D eigenvalue weighted by molar-refractivity contribution is 0.427. The van der Waals surface area contributed by atoms with Crippen molar-refractivity contribution in [2.24, 2.45) is 23.7 Å². The summed E-state index contributed by atoms with van der Waals surface area (Å²) < 4.78 is 0. The Hall–Kier alpha value is 0.217. The second kappa shape index (κ2) is 21.5. The maximum atomic E-state index is 2.51. The normalized spacial score (nSPS) is 16.0. The maximum Gasteiger partial charge on any atom is 0.0546 e. The predicted molar refractivity (Wildman–Crippen MR) is 158 cm³/mol. The lowest BCUT2D eigenvalue weighted by Crippen LogP contribution is -2.42. The first-order chi connectivity index (χ1) is 16.0. The summed E-state index contributed by atoms with van der Waals surface area (Å²) in [6.07, 6.45) is 23.1. The summed E-state index contributed by atoms with van der Waals surface area (Å²) in [5, 5.41) is 0. The molecule has 0 bridgehead atoms. The van der Waals surface area contributed by atoms with Crippen molar-refractivity contribution in [3.05, 3.63) is 0 Å². The van der Waals surface area contributed by atoms with Crippen LogP contribution in [0.2, 0.25) is 24.2 Å². The molecule has 0 saturated carbocycles. The molecule has 0 aromatic heterocycles. The van der Waals surface area contributed by atoms with Crippen LogP contribution in [0.3, 0.4) is 0 Å². The van der Waals surface area contributed by atoms with Crippen molar-refractivity contribution in [1.82, 2.24) is 0 Å². The largest absolute Gasteiger partial charge is 0.0654 e. The smallest absolute Gasteiger partial charge is 0.0546 e. The lowest BCUT2D eigenvalue weighted by atomic mass is 10.0. The van der Waals surface area contributed by atoms with E-state index in [9.17, 15) is 0 Å². The molecule has 0 unspecified atom stereocenters. The van der Waals surface area contributed by atoms with Gasteiger partial charge in [-0.2, -0.15) is 0 Å². The van der Waals surface area contributed by atoms with Crippen molar-refractivity contribution in [3.8, 4) is 0 Å². The van der Waals surface area contributed by atoms with Gasteiger partial charge in [-0.15, -0.1) is 0 Å². The van der Waals surface area contributed by atoms with E-state index in [1.165, 1.54) is 103 Å². The van der Waals surface area contributed by atoms with Crippen LogP contribution < -0.4 is 0 Å². The Kier molecular flexibility index (Phi) is 21.6. The predicted octanol–water partition coefficient (Wildman–Crippen LogP) is 12.3. The molecule has 1 heteroatoms. The highest BCUT2D eigenvalue weighted by Gasteiger charge is 2.39. The molecule has 0 nitrogen and oxygen atoms in total. The van der Waals surface area contributed by atoms with Gasteiger partial charge in [0.15, 0.2) is 0 Å². The van der Waals surface area contributed by atoms with Gasteiger partial charge in [-0.3, -0.25) is 0 Å². The second-order valence-electron chi connectivity index (χ2n) is 12.0. The molecule has 0 fully saturated rings. The molecule has 0 aliphatic heterocycles. The molecule has 0 saturated heterocycles. The van der Waals surface area contributed by atoms with Crippen molar-refractivity contribution in [3.63, 3.8) is 0 Å². The van der Waals surface area contributed by atoms with Crippen LogP contribution in [0.5, 0.6) is 0 Å². The Morgan fingerprint density at radius 2 is 0.576 bits per heavy atom. The molecule has 33 heavy (non-hydrogen) atoms. The Morgan fingerprint density at radius 1 is 0.364 bits per heavy atom. The topological polar surface area (TPSA) is 0 Å². The first-order valence-electron chi connectivity index (χ1n) is 16.0. The molecule has 4 atom stereocenters. The highest BCUT2D eigenvalue weighted by Crippen LogP contribution is 2.44. The summed E-state index contributed by atoms with van der Waals surface area (Å²) in [5.74, 6) is 4.03. The van der Waals surface area contributed by atoms with Gasteiger partial charge < -0.3 is 0 Å². The van der Waals surface area contributed by atoms with Crippen LogP contribution in [0.4, 0.5) is 0 Å². The van der Waals surface area contributed by atoms with Crippen LogP contribution in [0.1, 0.15) is 158 Å². The summed E-state index contributed by atoms with van der Waals surface area (Å²) in [4.78, 5) is 0. The third-order valence-corrected chi connectivity index (χ3v) is 14.8. The quantitative estimate of drug-likeness (QED) is 0.120. The molecule has 0 radical (unpaired) electrons. The zero-order valence-corrected chi connectivity index (χ0v) is 26.0. The minimum Gasteiger partial charge on any atom is -0.0654 e. The molecule has 0 aliphatic rings. The van der Waals surface area contributed by atoms with Gasteiger partial charge in [0, 0.05) is 0 Å². The van der Waals surface area contributed by atoms with Crippen molar-refractivity contribution in [2.45, 2.75) is 182 Å². The van der Waals surface area contributed by atoms with Gasteiger partial charge in [0.2, 0.25) is 0 Å². The summed E-state index contributed by atoms with van der Waals surface area (Å²) in [7, 11) is -1.33. The Bertz CT molecular complexity index is 326. The Balaban J connectivity index is 6.06. The van der Waals surface area contributed by atoms with E-state index in [2.05, 4.69) is 55.4 Å². The Labute approximate surface area is 213 Å². The first kappa shape index (κ1) is 33.2. The summed E-state index contributed by atoms with van der Waals surface area (Å²) in [6, 6.07) is 6.66. The fourth-order valence-corrected chi connectivity index (χ4v) is 14.6. The van der Waals surface area contributed by atoms with E-state index in [4.69, 9.17) is 0 Å². The molecular weight excluding hydrogens is 412 g/mol. The van der Waals surface area contributed by atoms with E-state index < -0.39 is 8.07 Å². The molecule has 0 amide bonds. The van der Waals surface area contributed by atoms with Crippen LogP contribution >= 0.6 is 0 Å². The molecule has 0 N–H and O–H groups in total. The van der Waals surface area contributed by atoms with Crippen molar-refractivity contribution in [1.29, 1.82) is 0 Å². The van der Waals surface area contributed by atoms with Gasteiger partial charge >= 0.3 is 0 Å². The molecule has 0 aliphatic carbocycles. The number of unbranched alkanes of at least 4 members (excludes halogenated alkanes) is 4. The van der Waals surface area contributed by atoms with E-state index in [1.54, 1.807) is 24.2 Å². The zero-order chi connectivity index (χ0) is 25.0. The number of rotatable bonds is 24. The van der Waals surface area contributed by atoms with Gasteiger partial charge in [-0.25, -0.2) is 0 Å². The first-order valence-corrected chi connectivity index (χ1v) is 18.8. The van der Waals surface area contributed by atoms with Crippen molar-refractivity contribution in [2.75, 3.05) is 0 Å². The maximum absolute atomic E-state index is 2.51. The van der Waals surface area contributed by atoms with Gasteiger partial charge in [0.05, 0.1) is 8.07 Å². The summed E-state index contributed by atoms with van der Waals surface area (Å²) in [5.41, 5.74) is 0. The average molecular weight is 481 g/mol. The van der Waals surface area contributed by atoms with E-state index >= 15 is 0 Å². The van der Waals surface area contributed by atoms with Gasteiger partial charge in [-0.1, -0.05) is 182 Å². The fourth-order valence-electron chi connectivity index (χ4n) is 6.72. The van der Waals surface area contributed by atoms with Crippen LogP contribution in [0.15, 0.2) is 0 Å². The Morgan fingerprint density at radius 3 is 0.727 bits per heavy atom. The van der Waals surface area contributed by atoms with Crippen LogP contribution in [-0.4, -0.2) is 8.07 Å². The monoisotopic (exact) mass is 481 g/mol. The van der Waals surface area contributed by atoms with E-state index in [0.29, 0.717) is 0 Å². The molecular formula is C32H68Si. The highest BCUT2D eigenvalue weighted by atomic mass is 28.3. The highest BCUT2D eigenvalue weighted by molar-refractivity contribution is 6.80. The zero-order valence-electron chi connectivity index (χ0n) is 25.0. The SMILES string of the molecule is CCCC[C@H](CC)C[Si](C[C@@H](CC)CCCC)(C[C@@H](CC)CCCC)C[C@@H](CC)CCCC. The van der Waals surface area contributed by atoms with E-state index in [-0.39, 0.29) is 0 Å². The molecule has 0 aromatic carbocycles. The molecule has 0 aromatic rings. The second-order valence-corrected chi connectivity index (χ2v) is 16.6. The van der Waals surface area contributed by atoms with E-state index in [1.807, 2.05) is 0 Å². The number of hydrogen-bond donors (Lipinski definition) is 0. The summed E-state index contributed by atoms with van der Waals surface area (Å²) >= 11 is 0.